The molecule has 63 heavy (non-hydrogen) atoms. The first kappa shape index (κ1) is 38.9. The molecule has 1 N–H and O–H groups in total. The van der Waals surface area contributed by atoms with Crippen molar-refractivity contribution < 1.29 is 4.42 Å². The van der Waals surface area contributed by atoms with E-state index < -0.39 is 0 Å². The van der Waals surface area contributed by atoms with Gasteiger partial charge in [0, 0.05) is 75.4 Å². The molecule has 0 amide bonds. The van der Waals surface area contributed by atoms with Crippen LogP contribution in [0, 0.1) is 0 Å². The summed E-state index contributed by atoms with van der Waals surface area (Å²) >= 11 is 1.89. The van der Waals surface area contributed by atoms with Crippen molar-refractivity contribution in [1.82, 2.24) is 4.57 Å². The molecule has 0 fully saturated rings. The van der Waals surface area contributed by atoms with E-state index in [0.717, 1.165) is 51.9 Å². The maximum absolute atomic E-state index is 7.28. The van der Waals surface area contributed by atoms with Gasteiger partial charge < -0.3 is 14.3 Å². The smallest absolute Gasteiger partial charge is 0.198 e. The molecule has 3 nitrogen and oxygen atoms in total. The molecule has 311 valence electrons. The third-order valence-corrected chi connectivity index (χ3v) is 15.9. The number of hydrogen-bond donors (Lipinski definition) is 1. The number of furan rings is 1. The Morgan fingerprint density at radius 3 is 2.03 bits per heavy atom. The molecule has 0 bridgehead atoms. The van der Waals surface area contributed by atoms with E-state index in [2.05, 4.69) is 202 Å². The topological polar surface area (TPSA) is 30.1 Å². The van der Waals surface area contributed by atoms with Crippen molar-refractivity contribution in [3.8, 4) is 16.8 Å². The van der Waals surface area contributed by atoms with Crippen LogP contribution in [0.3, 0.4) is 0 Å². The number of rotatable bonds is 3. The first-order chi connectivity index (χ1) is 30.0. The van der Waals surface area contributed by atoms with Crippen LogP contribution in [-0.2, 0) is 21.7 Å². The Balaban J connectivity index is 1.26. The molecule has 0 saturated carbocycles. The normalized spacial score (nSPS) is 15.7. The van der Waals surface area contributed by atoms with E-state index >= 15 is 0 Å². The summed E-state index contributed by atoms with van der Waals surface area (Å²) in [6.45, 7) is 23.6. The maximum atomic E-state index is 7.28. The average Bonchev–Trinajstić information content (AvgIpc) is 3.91. The SMILES string of the molecule is CC(C)(C)c1ccc(Nc2ccc(C(C)(C)C)cc2-c2c3c4c(c5cc6c(cc5n4-c4cc5c(cc4[B]3)sc3ccccc35)C(C)(C)CCC6(C)C)c3c2oc2ccccc23)cc1. The number of nitrogens with one attached hydrogen (secondary N) is 1. The second-order valence-corrected chi connectivity index (χ2v) is 23.0. The van der Waals surface area contributed by atoms with Crippen molar-refractivity contribution in [2.75, 3.05) is 5.32 Å². The van der Waals surface area contributed by atoms with E-state index in [1.165, 1.54) is 86.2 Å². The van der Waals surface area contributed by atoms with Crippen LogP contribution in [0.5, 0.6) is 0 Å². The van der Waals surface area contributed by atoms with E-state index in [0.29, 0.717) is 0 Å². The number of fused-ring (bicyclic) bond motifs is 13. The van der Waals surface area contributed by atoms with Gasteiger partial charge in [-0.15, -0.1) is 11.3 Å². The largest absolute Gasteiger partial charge is 0.455 e. The highest BCUT2D eigenvalue weighted by atomic mass is 32.1. The Bertz CT molecular complexity index is 3580. The van der Waals surface area contributed by atoms with Crippen LogP contribution in [0.25, 0.3) is 80.7 Å². The van der Waals surface area contributed by atoms with Crippen LogP contribution < -0.4 is 16.2 Å². The summed E-state index contributed by atoms with van der Waals surface area (Å²) in [5.41, 5.74) is 18.1. The van der Waals surface area contributed by atoms with Crippen molar-refractivity contribution >= 4 is 105 Å². The molecule has 4 heterocycles. The zero-order valence-electron chi connectivity index (χ0n) is 38.2. The summed E-state index contributed by atoms with van der Waals surface area (Å²) < 4.78 is 12.6. The first-order valence-electron chi connectivity index (χ1n) is 22.8. The number of thiophene rings is 1. The third-order valence-electron chi connectivity index (χ3n) is 14.8. The predicted octanol–water partition coefficient (Wildman–Crippen LogP) is 15.4. The molecular weight excluding hydrogens is 784 g/mol. The fraction of sp³-hybridized carbons (Fsp3) is 0.276. The monoisotopic (exact) mass is 837 g/mol. The molecule has 7 aromatic carbocycles. The van der Waals surface area contributed by atoms with Crippen LogP contribution in [-0.4, -0.2) is 11.8 Å². The zero-order chi connectivity index (χ0) is 43.5. The lowest BCUT2D eigenvalue weighted by atomic mass is 9.58. The molecular formula is C58H54BN2OS. The van der Waals surface area contributed by atoms with Crippen LogP contribution in [0.4, 0.5) is 11.4 Å². The highest BCUT2D eigenvalue weighted by molar-refractivity contribution is 7.26. The van der Waals surface area contributed by atoms with Gasteiger partial charge in [-0.25, -0.2) is 0 Å². The van der Waals surface area contributed by atoms with Crippen LogP contribution in [0.2, 0.25) is 0 Å². The fourth-order valence-electron chi connectivity index (χ4n) is 11.0. The molecule has 0 atom stereocenters. The summed E-state index contributed by atoms with van der Waals surface area (Å²) in [5, 5.41) is 11.5. The molecule has 10 aromatic rings. The lowest BCUT2D eigenvalue weighted by Gasteiger charge is -2.42. The number of anilines is 2. The van der Waals surface area contributed by atoms with Gasteiger partial charge in [-0.1, -0.05) is 129 Å². The third kappa shape index (κ3) is 5.71. The van der Waals surface area contributed by atoms with E-state index in [-0.39, 0.29) is 21.7 Å². The van der Waals surface area contributed by atoms with Crippen molar-refractivity contribution in [2.45, 2.75) is 104 Å². The number of aromatic nitrogens is 1. The summed E-state index contributed by atoms with van der Waals surface area (Å²) in [7, 11) is 2.49. The van der Waals surface area contributed by atoms with Gasteiger partial charge in [0.15, 0.2) is 7.28 Å². The highest BCUT2D eigenvalue weighted by Crippen LogP contribution is 2.52. The van der Waals surface area contributed by atoms with E-state index in [1.807, 2.05) is 11.3 Å². The standard InChI is InChI=1S/C58H54BN2OS/c1-55(2,3)32-19-22-34(23-20-32)60-43-24-21-33(56(4,5)6)27-38(43)51-52-53-49(50-36-16-11-13-17-46(36)62-54(50)51)39-28-40-41(58(9,10)26-25-57(40,7)8)30-44(39)61(53)45-29-37-35-15-12-14-18-47(35)63-48(37)31-42(45)59-52/h11-24,27-31,60H,25-26H2,1-10H3. The molecule has 0 spiro atoms. The predicted molar refractivity (Wildman–Crippen MR) is 274 cm³/mol. The van der Waals surface area contributed by atoms with Crippen LogP contribution >= 0.6 is 11.3 Å². The van der Waals surface area contributed by atoms with Gasteiger partial charge in [0.1, 0.15) is 11.2 Å². The Labute approximate surface area is 375 Å². The first-order valence-corrected chi connectivity index (χ1v) is 23.6. The number of benzene rings is 7. The molecule has 1 aliphatic heterocycles. The van der Waals surface area contributed by atoms with Crippen molar-refractivity contribution in [2.24, 2.45) is 0 Å². The average molecular weight is 838 g/mol. The summed E-state index contributed by atoms with van der Waals surface area (Å²) in [5.74, 6) is 0. The fourth-order valence-corrected chi connectivity index (χ4v) is 12.1. The second kappa shape index (κ2) is 12.9. The molecule has 3 aromatic heterocycles. The Kier molecular flexibility index (Phi) is 7.97. The highest BCUT2D eigenvalue weighted by Gasteiger charge is 2.40. The van der Waals surface area contributed by atoms with Gasteiger partial charge in [-0.3, -0.25) is 0 Å². The van der Waals surface area contributed by atoms with Gasteiger partial charge in [0.25, 0.3) is 0 Å². The number of nitrogens with zero attached hydrogens (tertiary/aromatic N) is 1. The number of para-hydroxylation sites is 1. The van der Waals surface area contributed by atoms with Gasteiger partial charge in [0.05, 0.1) is 5.52 Å². The summed E-state index contributed by atoms with van der Waals surface area (Å²) in [6, 6.07) is 43.7. The number of hydrogen-bond acceptors (Lipinski definition) is 3. The van der Waals surface area contributed by atoms with Gasteiger partial charge in [-0.2, -0.15) is 0 Å². The summed E-state index contributed by atoms with van der Waals surface area (Å²) in [4.78, 5) is 0. The van der Waals surface area contributed by atoms with Crippen molar-refractivity contribution in [1.29, 1.82) is 0 Å². The maximum Gasteiger partial charge on any atom is 0.198 e. The zero-order valence-corrected chi connectivity index (χ0v) is 39.0. The Morgan fingerprint density at radius 2 is 1.30 bits per heavy atom. The molecule has 0 saturated heterocycles. The lowest BCUT2D eigenvalue weighted by molar-refractivity contribution is 0.332. The van der Waals surface area contributed by atoms with Crippen LogP contribution in [0.15, 0.2) is 120 Å². The Hall–Kier alpha value is -5.78. The van der Waals surface area contributed by atoms with Crippen molar-refractivity contribution in [3.05, 3.63) is 138 Å². The Morgan fingerprint density at radius 1 is 0.635 bits per heavy atom. The molecule has 12 rings (SSSR count). The molecule has 0 unspecified atom stereocenters. The lowest BCUT2D eigenvalue weighted by Crippen LogP contribution is -2.37. The molecule has 1 aliphatic carbocycles. The van der Waals surface area contributed by atoms with Crippen LogP contribution in [0.1, 0.15) is 104 Å². The van der Waals surface area contributed by atoms with Gasteiger partial charge >= 0.3 is 0 Å². The minimum absolute atomic E-state index is 0.0532. The summed E-state index contributed by atoms with van der Waals surface area (Å²) in [6.07, 6.45) is 2.32. The van der Waals surface area contributed by atoms with E-state index in [9.17, 15) is 0 Å². The van der Waals surface area contributed by atoms with E-state index in [4.69, 9.17) is 4.42 Å². The quantitative estimate of drug-likeness (QED) is 0.180. The molecule has 5 heteroatoms. The van der Waals surface area contributed by atoms with E-state index in [1.54, 1.807) is 0 Å². The minimum Gasteiger partial charge on any atom is -0.455 e. The second-order valence-electron chi connectivity index (χ2n) is 21.9. The molecule has 2 aliphatic rings. The van der Waals surface area contributed by atoms with Gasteiger partial charge in [0.2, 0.25) is 0 Å². The van der Waals surface area contributed by atoms with Crippen molar-refractivity contribution in [3.63, 3.8) is 0 Å². The van der Waals surface area contributed by atoms with Gasteiger partial charge in [-0.05, 0) is 123 Å². The minimum atomic E-state index is -0.0768. The molecule has 1 radical (unpaired) electrons.